The van der Waals surface area contributed by atoms with E-state index in [-0.39, 0.29) is 10.8 Å². The Kier molecular flexibility index (Phi) is 5.44. The highest BCUT2D eigenvalue weighted by molar-refractivity contribution is 8.13. The number of methoxy groups -OCH3 is 1. The van der Waals surface area contributed by atoms with Crippen LogP contribution in [0, 0.1) is 0 Å². The van der Waals surface area contributed by atoms with Gasteiger partial charge in [0.15, 0.2) is 0 Å². The summed E-state index contributed by atoms with van der Waals surface area (Å²) in [6, 6.07) is 4.62. The molecule has 0 fully saturated rings. The minimum absolute atomic E-state index is 0.0898. The Balaban J connectivity index is 3.05. The van der Waals surface area contributed by atoms with Crippen LogP contribution < -0.4 is 4.74 Å². The highest BCUT2D eigenvalue weighted by Gasteiger charge is 2.15. The SMILES string of the molecule is COCCOc1ccc(S(=O)(=O)Cl)cc1C(C)C. The standard InChI is InChI=1S/C12H17ClO4S/c1-9(2)11-8-10(18(13,14)15)4-5-12(11)17-7-6-16-3/h4-5,8-9H,6-7H2,1-3H3. The predicted octanol–water partition coefficient (Wildman–Crippen LogP) is 2.76. The van der Waals surface area contributed by atoms with Gasteiger partial charge in [0.05, 0.1) is 11.5 Å². The fourth-order valence-corrected chi connectivity index (χ4v) is 2.28. The first-order valence-corrected chi connectivity index (χ1v) is 7.87. The molecule has 0 bridgehead atoms. The zero-order valence-corrected chi connectivity index (χ0v) is 12.2. The lowest BCUT2D eigenvalue weighted by molar-refractivity contribution is 0.145. The topological polar surface area (TPSA) is 52.6 Å². The van der Waals surface area contributed by atoms with Crippen molar-refractivity contribution >= 4 is 19.7 Å². The van der Waals surface area contributed by atoms with Gasteiger partial charge in [0.1, 0.15) is 12.4 Å². The van der Waals surface area contributed by atoms with Gasteiger partial charge in [-0.2, -0.15) is 0 Å². The van der Waals surface area contributed by atoms with Crippen molar-refractivity contribution in [2.45, 2.75) is 24.7 Å². The molecule has 0 aromatic heterocycles. The molecule has 0 saturated heterocycles. The summed E-state index contributed by atoms with van der Waals surface area (Å²) in [5.74, 6) is 0.798. The van der Waals surface area contributed by atoms with Crippen LogP contribution in [-0.2, 0) is 13.8 Å². The molecule has 0 unspecified atom stereocenters. The maximum Gasteiger partial charge on any atom is 0.261 e. The molecule has 0 atom stereocenters. The van der Waals surface area contributed by atoms with Crippen LogP contribution >= 0.6 is 10.7 Å². The normalized spacial score (nSPS) is 11.8. The molecule has 6 heteroatoms. The van der Waals surface area contributed by atoms with Crippen LogP contribution in [0.3, 0.4) is 0 Å². The van der Waals surface area contributed by atoms with Gasteiger partial charge in [0.2, 0.25) is 0 Å². The molecule has 1 aromatic carbocycles. The maximum absolute atomic E-state index is 11.3. The van der Waals surface area contributed by atoms with Crippen molar-refractivity contribution in [2.75, 3.05) is 20.3 Å². The molecule has 0 spiro atoms. The summed E-state index contributed by atoms with van der Waals surface area (Å²) >= 11 is 0. The molecule has 0 heterocycles. The summed E-state index contributed by atoms with van der Waals surface area (Å²) in [7, 11) is 3.21. The number of ether oxygens (including phenoxy) is 2. The molecule has 102 valence electrons. The van der Waals surface area contributed by atoms with Crippen LogP contribution in [0.1, 0.15) is 25.3 Å². The van der Waals surface area contributed by atoms with E-state index in [0.29, 0.717) is 19.0 Å². The largest absolute Gasteiger partial charge is 0.491 e. The second kappa shape index (κ2) is 6.41. The monoisotopic (exact) mass is 292 g/mol. The van der Waals surface area contributed by atoms with Gasteiger partial charge in [-0.25, -0.2) is 8.42 Å². The number of benzene rings is 1. The average Bonchev–Trinajstić information content (AvgIpc) is 2.28. The first-order chi connectivity index (χ1) is 8.36. The third-order valence-electron chi connectivity index (χ3n) is 2.43. The molecule has 0 amide bonds. The van der Waals surface area contributed by atoms with E-state index in [2.05, 4.69) is 0 Å². The van der Waals surface area contributed by atoms with Gasteiger partial charge in [-0.1, -0.05) is 13.8 Å². The molecular weight excluding hydrogens is 276 g/mol. The van der Waals surface area contributed by atoms with Crippen LogP contribution in [0.5, 0.6) is 5.75 Å². The van der Waals surface area contributed by atoms with Gasteiger partial charge in [-0.05, 0) is 29.7 Å². The van der Waals surface area contributed by atoms with Gasteiger partial charge in [0.25, 0.3) is 9.05 Å². The van der Waals surface area contributed by atoms with E-state index in [4.69, 9.17) is 20.2 Å². The molecule has 4 nitrogen and oxygen atoms in total. The zero-order chi connectivity index (χ0) is 13.8. The van der Waals surface area contributed by atoms with E-state index in [1.807, 2.05) is 13.8 Å². The minimum atomic E-state index is -3.71. The maximum atomic E-state index is 11.3. The lowest BCUT2D eigenvalue weighted by Crippen LogP contribution is -2.07. The number of halogens is 1. The van der Waals surface area contributed by atoms with Crippen LogP contribution in [0.4, 0.5) is 0 Å². The quantitative estimate of drug-likeness (QED) is 0.597. The molecule has 0 N–H and O–H groups in total. The van der Waals surface area contributed by atoms with E-state index in [1.54, 1.807) is 19.2 Å². The number of hydrogen-bond acceptors (Lipinski definition) is 4. The summed E-state index contributed by atoms with van der Waals surface area (Å²) in [4.78, 5) is 0.0898. The molecule has 0 aliphatic carbocycles. The molecule has 0 aliphatic rings. The van der Waals surface area contributed by atoms with Gasteiger partial charge < -0.3 is 9.47 Å². The fraction of sp³-hybridized carbons (Fsp3) is 0.500. The molecule has 0 aliphatic heterocycles. The Morgan fingerprint density at radius 3 is 2.44 bits per heavy atom. The van der Waals surface area contributed by atoms with E-state index >= 15 is 0 Å². The van der Waals surface area contributed by atoms with Crippen molar-refractivity contribution in [1.29, 1.82) is 0 Å². The molecule has 1 rings (SSSR count). The highest BCUT2D eigenvalue weighted by Crippen LogP contribution is 2.30. The van der Waals surface area contributed by atoms with Gasteiger partial charge in [-0.3, -0.25) is 0 Å². The number of hydrogen-bond donors (Lipinski definition) is 0. The molecular formula is C12H17ClO4S. The third-order valence-corrected chi connectivity index (χ3v) is 3.78. The smallest absolute Gasteiger partial charge is 0.261 e. The van der Waals surface area contributed by atoms with Crippen LogP contribution in [-0.4, -0.2) is 28.7 Å². The summed E-state index contributed by atoms with van der Waals surface area (Å²) in [6.45, 7) is 4.82. The summed E-state index contributed by atoms with van der Waals surface area (Å²) < 4.78 is 33.0. The average molecular weight is 293 g/mol. The van der Waals surface area contributed by atoms with Gasteiger partial charge in [0, 0.05) is 17.8 Å². The van der Waals surface area contributed by atoms with Crippen molar-refractivity contribution in [3.8, 4) is 5.75 Å². The lowest BCUT2D eigenvalue weighted by Gasteiger charge is -2.14. The zero-order valence-electron chi connectivity index (χ0n) is 10.6. The molecule has 18 heavy (non-hydrogen) atoms. The second-order valence-corrected chi connectivity index (χ2v) is 6.70. The van der Waals surface area contributed by atoms with Gasteiger partial charge in [-0.15, -0.1) is 0 Å². The third kappa shape index (κ3) is 4.15. The van der Waals surface area contributed by atoms with Crippen molar-refractivity contribution < 1.29 is 17.9 Å². The highest BCUT2D eigenvalue weighted by atomic mass is 35.7. The van der Waals surface area contributed by atoms with Crippen LogP contribution in [0.15, 0.2) is 23.1 Å². The number of rotatable bonds is 6. The van der Waals surface area contributed by atoms with E-state index in [1.165, 1.54) is 6.07 Å². The van der Waals surface area contributed by atoms with Crippen molar-refractivity contribution in [3.05, 3.63) is 23.8 Å². The second-order valence-electron chi connectivity index (χ2n) is 4.13. The Morgan fingerprint density at radius 1 is 1.28 bits per heavy atom. The Bertz CT molecular complexity index is 497. The Morgan fingerprint density at radius 2 is 1.94 bits per heavy atom. The predicted molar refractivity (Wildman–Crippen MR) is 70.9 cm³/mol. The van der Waals surface area contributed by atoms with Gasteiger partial charge >= 0.3 is 0 Å². The molecule has 0 radical (unpaired) electrons. The molecule has 0 saturated carbocycles. The summed E-state index contributed by atoms with van der Waals surface area (Å²) in [6.07, 6.45) is 0. The summed E-state index contributed by atoms with van der Waals surface area (Å²) in [5.41, 5.74) is 0.813. The van der Waals surface area contributed by atoms with Crippen LogP contribution in [0.2, 0.25) is 0 Å². The van der Waals surface area contributed by atoms with Crippen LogP contribution in [0.25, 0.3) is 0 Å². The van der Waals surface area contributed by atoms with E-state index < -0.39 is 9.05 Å². The fourth-order valence-electron chi connectivity index (χ4n) is 1.50. The van der Waals surface area contributed by atoms with E-state index in [0.717, 1.165) is 5.56 Å². The van der Waals surface area contributed by atoms with Crippen molar-refractivity contribution in [3.63, 3.8) is 0 Å². The Labute approximate surface area is 112 Å². The van der Waals surface area contributed by atoms with E-state index in [9.17, 15) is 8.42 Å². The van der Waals surface area contributed by atoms with Crippen molar-refractivity contribution in [1.82, 2.24) is 0 Å². The van der Waals surface area contributed by atoms with Crippen molar-refractivity contribution in [2.24, 2.45) is 0 Å². The lowest BCUT2D eigenvalue weighted by atomic mass is 10.0. The first kappa shape index (κ1) is 15.3. The minimum Gasteiger partial charge on any atom is -0.491 e. The first-order valence-electron chi connectivity index (χ1n) is 5.56. The summed E-state index contributed by atoms with van der Waals surface area (Å²) in [5, 5.41) is 0. The Hall–Kier alpha value is -0.780. The molecule has 1 aromatic rings.